The number of carbonyl (C=O) groups is 2. The number of amides is 3. The van der Waals surface area contributed by atoms with Crippen LogP contribution in [0.4, 0.5) is 10.5 Å². The highest BCUT2D eigenvalue weighted by Gasteiger charge is 2.26. The Morgan fingerprint density at radius 2 is 1.66 bits per heavy atom. The summed E-state index contributed by atoms with van der Waals surface area (Å²) in [5, 5.41) is 3.33. The van der Waals surface area contributed by atoms with Gasteiger partial charge in [0.05, 0.1) is 5.39 Å². The minimum atomic E-state index is -0.341. The summed E-state index contributed by atoms with van der Waals surface area (Å²) in [7, 11) is 0. The SMILES string of the molecule is Cc1cccc(NC(=O)N2CCN(C(=O)c3cc(=O)c4ccccc4o3)CC2)c1. The van der Waals surface area contributed by atoms with Crippen molar-refractivity contribution in [1.82, 2.24) is 9.80 Å². The van der Waals surface area contributed by atoms with E-state index in [0.29, 0.717) is 37.1 Å². The van der Waals surface area contributed by atoms with Crippen molar-refractivity contribution in [2.45, 2.75) is 6.92 Å². The summed E-state index contributed by atoms with van der Waals surface area (Å²) in [6.07, 6.45) is 0. The van der Waals surface area contributed by atoms with Crippen LogP contribution in [0.3, 0.4) is 0 Å². The van der Waals surface area contributed by atoms with Crippen molar-refractivity contribution in [1.29, 1.82) is 0 Å². The molecule has 0 bridgehead atoms. The molecule has 148 valence electrons. The number of rotatable bonds is 2. The summed E-state index contributed by atoms with van der Waals surface area (Å²) in [5.41, 5.74) is 1.95. The van der Waals surface area contributed by atoms with Crippen LogP contribution in [0.2, 0.25) is 0 Å². The number of piperazine rings is 1. The first-order valence-electron chi connectivity index (χ1n) is 9.46. The van der Waals surface area contributed by atoms with Gasteiger partial charge >= 0.3 is 6.03 Å². The molecule has 1 fully saturated rings. The van der Waals surface area contributed by atoms with Crippen molar-refractivity contribution in [2.24, 2.45) is 0 Å². The maximum Gasteiger partial charge on any atom is 0.321 e. The molecular weight excluding hydrogens is 370 g/mol. The van der Waals surface area contributed by atoms with E-state index < -0.39 is 0 Å². The molecule has 4 rings (SSSR count). The summed E-state index contributed by atoms with van der Waals surface area (Å²) < 4.78 is 5.64. The van der Waals surface area contributed by atoms with Crippen LogP contribution < -0.4 is 10.7 Å². The van der Waals surface area contributed by atoms with Gasteiger partial charge in [0.1, 0.15) is 5.58 Å². The van der Waals surface area contributed by atoms with Gasteiger partial charge in [-0.3, -0.25) is 9.59 Å². The number of anilines is 1. The van der Waals surface area contributed by atoms with E-state index >= 15 is 0 Å². The maximum absolute atomic E-state index is 12.8. The molecule has 7 heteroatoms. The van der Waals surface area contributed by atoms with Gasteiger partial charge in [0.25, 0.3) is 5.91 Å². The molecule has 0 radical (unpaired) electrons. The number of benzene rings is 2. The van der Waals surface area contributed by atoms with E-state index in [1.807, 2.05) is 31.2 Å². The molecule has 0 aliphatic carbocycles. The molecule has 0 spiro atoms. The first-order valence-corrected chi connectivity index (χ1v) is 9.46. The van der Waals surface area contributed by atoms with Crippen molar-refractivity contribution >= 4 is 28.6 Å². The van der Waals surface area contributed by atoms with Crippen LogP contribution in [0, 0.1) is 6.92 Å². The summed E-state index contributed by atoms with van der Waals surface area (Å²) >= 11 is 0. The van der Waals surface area contributed by atoms with Crippen molar-refractivity contribution in [3.05, 3.63) is 76.1 Å². The van der Waals surface area contributed by atoms with Gasteiger partial charge in [0.2, 0.25) is 0 Å². The average Bonchev–Trinajstić information content (AvgIpc) is 2.73. The quantitative estimate of drug-likeness (QED) is 0.728. The monoisotopic (exact) mass is 391 g/mol. The molecule has 1 aromatic heterocycles. The Hall–Kier alpha value is -3.61. The number of hydrogen-bond acceptors (Lipinski definition) is 4. The summed E-state index contributed by atoms with van der Waals surface area (Å²) in [4.78, 5) is 40.7. The van der Waals surface area contributed by atoms with Crippen molar-refractivity contribution in [2.75, 3.05) is 31.5 Å². The summed E-state index contributed by atoms with van der Waals surface area (Å²) in [6.45, 7) is 3.51. The van der Waals surface area contributed by atoms with Crippen molar-refractivity contribution in [3.63, 3.8) is 0 Å². The minimum Gasteiger partial charge on any atom is -0.451 e. The zero-order valence-corrected chi connectivity index (χ0v) is 16.1. The lowest BCUT2D eigenvalue weighted by Gasteiger charge is -2.34. The van der Waals surface area contributed by atoms with Gasteiger partial charge in [-0.2, -0.15) is 0 Å². The van der Waals surface area contributed by atoms with E-state index in [2.05, 4.69) is 5.32 Å². The first-order chi connectivity index (χ1) is 14.0. The van der Waals surface area contributed by atoms with Gasteiger partial charge in [-0.25, -0.2) is 4.79 Å². The van der Waals surface area contributed by atoms with E-state index in [-0.39, 0.29) is 23.1 Å². The van der Waals surface area contributed by atoms with E-state index in [1.54, 1.807) is 34.1 Å². The predicted molar refractivity (Wildman–Crippen MR) is 110 cm³/mol. The number of hydrogen-bond donors (Lipinski definition) is 1. The third kappa shape index (κ3) is 3.99. The molecule has 1 aliphatic rings. The van der Waals surface area contributed by atoms with Gasteiger partial charge in [-0.1, -0.05) is 24.3 Å². The lowest BCUT2D eigenvalue weighted by atomic mass is 10.2. The molecule has 2 heterocycles. The normalized spacial score (nSPS) is 14.1. The van der Waals surface area contributed by atoms with Crippen LogP contribution in [-0.4, -0.2) is 47.9 Å². The number of aryl methyl sites for hydroxylation is 1. The van der Waals surface area contributed by atoms with E-state index in [4.69, 9.17) is 4.42 Å². The Bertz CT molecular complexity index is 1130. The highest BCUT2D eigenvalue weighted by molar-refractivity contribution is 5.94. The lowest BCUT2D eigenvalue weighted by Crippen LogP contribution is -2.51. The van der Waals surface area contributed by atoms with Crippen LogP contribution in [-0.2, 0) is 0 Å². The van der Waals surface area contributed by atoms with E-state index in [9.17, 15) is 14.4 Å². The van der Waals surface area contributed by atoms with Gasteiger partial charge in [0, 0.05) is 37.9 Å². The topological polar surface area (TPSA) is 82.9 Å². The second-order valence-electron chi connectivity index (χ2n) is 7.05. The molecule has 0 saturated carbocycles. The van der Waals surface area contributed by atoms with Crippen LogP contribution in [0.1, 0.15) is 16.1 Å². The molecule has 1 N–H and O–H groups in total. The highest BCUT2D eigenvalue weighted by atomic mass is 16.3. The molecule has 1 aliphatic heterocycles. The number of carbonyl (C=O) groups excluding carboxylic acids is 2. The van der Waals surface area contributed by atoms with Crippen LogP contribution in [0.25, 0.3) is 11.0 Å². The maximum atomic E-state index is 12.8. The zero-order chi connectivity index (χ0) is 20.4. The standard InChI is InChI=1S/C22H21N3O4/c1-15-5-4-6-16(13-15)23-22(28)25-11-9-24(10-12-25)21(27)20-14-18(26)17-7-2-3-8-19(17)29-20/h2-8,13-14H,9-12H2,1H3,(H,23,28). The molecule has 3 amide bonds. The fourth-order valence-electron chi connectivity index (χ4n) is 3.40. The Balaban J connectivity index is 1.41. The summed E-state index contributed by atoms with van der Waals surface area (Å²) in [5.74, 6) is -0.321. The van der Waals surface area contributed by atoms with E-state index in [0.717, 1.165) is 11.3 Å². The average molecular weight is 391 g/mol. The fraction of sp³-hybridized carbons (Fsp3) is 0.227. The second-order valence-corrected chi connectivity index (χ2v) is 7.05. The number of nitrogens with zero attached hydrogens (tertiary/aromatic N) is 2. The number of fused-ring (bicyclic) bond motifs is 1. The fourth-order valence-corrected chi connectivity index (χ4v) is 3.40. The Morgan fingerprint density at radius 3 is 2.41 bits per heavy atom. The number of para-hydroxylation sites is 1. The Labute approximate surface area is 167 Å². The molecule has 3 aromatic rings. The molecular formula is C22H21N3O4. The van der Waals surface area contributed by atoms with E-state index in [1.165, 1.54) is 6.07 Å². The van der Waals surface area contributed by atoms with Crippen LogP contribution >= 0.6 is 0 Å². The molecule has 0 unspecified atom stereocenters. The Kier molecular flexibility index (Phi) is 5.03. The zero-order valence-electron chi connectivity index (χ0n) is 16.1. The smallest absolute Gasteiger partial charge is 0.321 e. The highest BCUT2D eigenvalue weighted by Crippen LogP contribution is 2.15. The van der Waals surface area contributed by atoms with Crippen molar-refractivity contribution in [3.8, 4) is 0 Å². The molecule has 0 atom stereocenters. The van der Waals surface area contributed by atoms with Gasteiger partial charge in [-0.15, -0.1) is 0 Å². The second kappa shape index (κ2) is 7.79. The third-order valence-electron chi connectivity index (χ3n) is 4.97. The number of urea groups is 1. The molecule has 1 saturated heterocycles. The number of nitrogens with one attached hydrogen (secondary N) is 1. The third-order valence-corrected chi connectivity index (χ3v) is 4.97. The molecule has 7 nitrogen and oxygen atoms in total. The molecule has 29 heavy (non-hydrogen) atoms. The van der Waals surface area contributed by atoms with Gasteiger partial charge < -0.3 is 19.5 Å². The van der Waals surface area contributed by atoms with Crippen molar-refractivity contribution < 1.29 is 14.0 Å². The predicted octanol–water partition coefficient (Wildman–Crippen LogP) is 3.09. The first kappa shape index (κ1) is 18.7. The molecule has 2 aromatic carbocycles. The van der Waals surface area contributed by atoms with Crippen LogP contribution in [0.15, 0.2) is 63.8 Å². The lowest BCUT2D eigenvalue weighted by molar-refractivity contribution is 0.0641. The minimum absolute atomic E-state index is 0.0198. The largest absolute Gasteiger partial charge is 0.451 e. The Morgan fingerprint density at radius 1 is 0.931 bits per heavy atom. The van der Waals surface area contributed by atoms with Crippen LogP contribution in [0.5, 0.6) is 0 Å². The van der Waals surface area contributed by atoms with Gasteiger partial charge in [-0.05, 0) is 36.8 Å². The summed E-state index contributed by atoms with van der Waals surface area (Å²) in [6, 6.07) is 15.5. The van der Waals surface area contributed by atoms with Gasteiger partial charge in [0.15, 0.2) is 11.2 Å².